The van der Waals surface area contributed by atoms with E-state index in [4.69, 9.17) is 21.1 Å². The smallest absolute Gasteiger partial charge is 0.363 e. The molecular weight excluding hydrogens is 284 g/mol. The van der Waals surface area contributed by atoms with Crippen LogP contribution in [0.15, 0.2) is 16.9 Å². The molecule has 20 heavy (non-hydrogen) atoms. The third-order valence-electron chi connectivity index (χ3n) is 2.60. The van der Waals surface area contributed by atoms with Crippen molar-refractivity contribution in [3.63, 3.8) is 0 Å². The van der Waals surface area contributed by atoms with Crippen LogP contribution in [-0.2, 0) is 0 Å². The average Bonchev–Trinajstić information content (AvgIpc) is 2.44. The van der Waals surface area contributed by atoms with Gasteiger partial charge < -0.3 is 14.8 Å². The van der Waals surface area contributed by atoms with E-state index in [0.717, 1.165) is 0 Å². The van der Waals surface area contributed by atoms with E-state index in [0.29, 0.717) is 33.7 Å². The van der Waals surface area contributed by atoms with E-state index in [1.807, 2.05) is 0 Å². The molecule has 0 fully saturated rings. The van der Waals surface area contributed by atoms with Gasteiger partial charge in [-0.1, -0.05) is 11.6 Å². The van der Waals surface area contributed by atoms with Gasteiger partial charge in [0.15, 0.2) is 5.82 Å². The summed E-state index contributed by atoms with van der Waals surface area (Å²) in [6, 6.07) is 3.27. The summed E-state index contributed by atoms with van der Waals surface area (Å²) in [5, 5.41) is 9.48. The van der Waals surface area contributed by atoms with Crippen LogP contribution in [0.4, 0.5) is 11.5 Å². The molecule has 8 heteroatoms. The largest absolute Gasteiger partial charge is 0.495 e. The van der Waals surface area contributed by atoms with Crippen LogP contribution in [0.3, 0.4) is 0 Å². The highest BCUT2D eigenvalue weighted by atomic mass is 35.5. The van der Waals surface area contributed by atoms with E-state index in [-0.39, 0.29) is 0 Å². The molecule has 2 aromatic rings. The summed E-state index contributed by atoms with van der Waals surface area (Å²) in [7, 11) is 3.02. The summed E-state index contributed by atoms with van der Waals surface area (Å²) in [5.41, 5.74) is 0.565. The molecule has 1 aromatic carbocycles. The van der Waals surface area contributed by atoms with Crippen molar-refractivity contribution >= 4 is 23.1 Å². The molecule has 1 heterocycles. The van der Waals surface area contributed by atoms with Crippen molar-refractivity contribution in [3.8, 4) is 11.5 Å². The van der Waals surface area contributed by atoms with E-state index in [1.165, 1.54) is 14.2 Å². The molecular formula is C12H13ClN4O3. The van der Waals surface area contributed by atoms with Crippen LogP contribution in [-0.4, -0.2) is 29.4 Å². The normalized spacial score (nSPS) is 10.2. The highest BCUT2D eigenvalue weighted by molar-refractivity contribution is 6.32. The lowest BCUT2D eigenvalue weighted by Crippen LogP contribution is -2.15. The molecule has 0 spiro atoms. The Labute approximate surface area is 119 Å². The second kappa shape index (κ2) is 5.79. The SMILES string of the molecule is COc1cc(Nc2nc(=O)[nH]nc2C)c(OC)cc1Cl. The Bertz CT molecular complexity index is 687. The first-order chi connectivity index (χ1) is 9.55. The maximum absolute atomic E-state index is 11.2. The van der Waals surface area contributed by atoms with Crippen LogP contribution < -0.4 is 20.5 Å². The minimum absolute atomic E-state index is 0.330. The zero-order valence-corrected chi connectivity index (χ0v) is 11.9. The number of anilines is 2. The van der Waals surface area contributed by atoms with Gasteiger partial charge >= 0.3 is 5.69 Å². The first-order valence-electron chi connectivity index (χ1n) is 5.67. The molecule has 0 saturated heterocycles. The first kappa shape index (κ1) is 14.1. The molecule has 106 valence electrons. The van der Waals surface area contributed by atoms with Gasteiger partial charge in [0.05, 0.1) is 24.9 Å². The number of nitrogens with one attached hydrogen (secondary N) is 2. The minimum Gasteiger partial charge on any atom is -0.495 e. The van der Waals surface area contributed by atoms with Gasteiger partial charge in [-0.05, 0) is 6.92 Å². The topological polar surface area (TPSA) is 89.1 Å². The van der Waals surface area contributed by atoms with Crippen molar-refractivity contribution < 1.29 is 9.47 Å². The zero-order valence-electron chi connectivity index (χ0n) is 11.2. The lowest BCUT2D eigenvalue weighted by Gasteiger charge is -2.13. The van der Waals surface area contributed by atoms with Crippen molar-refractivity contribution in [2.75, 3.05) is 19.5 Å². The first-order valence-corrected chi connectivity index (χ1v) is 6.04. The molecule has 0 saturated carbocycles. The summed E-state index contributed by atoms with van der Waals surface area (Å²) >= 11 is 6.02. The number of hydrogen-bond donors (Lipinski definition) is 2. The number of rotatable bonds is 4. The van der Waals surface area contributed by atoms with Crippen molar-refractivity contribution in [3.05, 3.63) is 33.3 Å². The van der Waals surface area contributed by atoms with Crippen LogP contribution in [0.5, 0.6) is 11.5 Å². The molecule has 0 aliphatic heterocycles. The second-order valence-electron chi connectivity index (χ2n) is 3.89. The minimum atomic E-state index is -0.544. The predicted molar refractivity (Wildman–Crippen MR) is 75.2 cm³/mol. The Balaban J connectivity index is 2.46. The average molecular weight is 297 g/mol. The van der Waals surface area contributed by atoms with Crippen molar-refractivity contribution in [1.29, 1.82) is 0 Å². The fourth-order valence-electron chi connectivity index (χ4n) is 1.60. The Morgan fingerprint density at radius 1 is 1.25 bits per heavy atom. The zero-order chi connectivity index (χ0) is 14.7. The number of aromatic nitrogens is 3. The number of aromatic amines is 1. The molecule has 0 bridgehead atoms. The molecule has 7 nitrogen and oxygen atoms in total. The van der Waals surface area contributed by atoms with Gasteiger partial charge in [-0.15, -0.1) is 0 Å². The Kier molecular flexibility index (Phi) is 4.09. The molecule has 0 atom stereocenters. The maximum Gasteiger partial charge on any atom is 0.363 e. The van der Waals surface area contributed by atoms with E-state index in [2.05, 4.69) is 20.5 Å². The van der Waals surface area contributed by atoms with Gasteiger partial charge in [0.25, 0.3) is 0 Å². The molecule has 2 rings (SSSR count). The maximum atomic E-state index is 11.2. The van der Waals surface area contributed by atoms with Crippen molar-refractivity contribution in [1.82, 2.24) is 15.2 Å². The summed E-state index contributed by atoms with van der Waals surface area (Å²) in [6.07, 6.45) is 0. The third kappa shape index (κ3) is 2.83. The van der Waals surface area contributed by atoms with Crippen LogP contribution in [0.2, 0.25) is 5.02 Å². The van der Waals surface area contributed by atoms with Gasteiger partial charge in [0, 0.05) is 12.1 Å². The number of nitrogens with zero attached hydrogens (tertiary/aromatic N) is 2. The Morgan fingerprint density at radius 2 is 1.95 bits per heavy atom. The number of halogens is 1. The van der Waals surface area contributed by atoms with Crippen molar-refractivity contribution in [2.24, 2.45) is 0 Å². The highest BCUT2D eigenvalue weighted by Gasteiger charge is 2.12. The van der Waals surface area contributed by atoms with Gasteiger partial charge in [0.2, 0.25) is 0 Å². The van der Waals surface area contributed by atoms with E-state index < -0.39 is 5.69 Å². The summed E-state index contributed by atoms with van der Waals surface area (Å²) in [4.78, 5) is 15.0. The molecule has 0 aliphatic carbocycles. The lowest BCUT2D eigenvalue weighted by atomic mass is 10.2. The lowest BCUT2D eigenvalue weighted by molar-refractivity contribution is 0.405. The van der Waals surface area contributed by atoms with Crippen LogP contribution >= 0.6 is 11.6 Å². The molecule has 0 unspecified atom stereocenters. The fraction of sp³-hybridized carbons (Fsp3) is 0.250. The number of H-pyrrole nitrogens is 1. The summed E-state index contributed by atoms with van der Waals surface area (Å²) < 4.78 is 10.4. The van der Waals surface area contributed by atoms with Gasteiger partial charge in [-0.3, -0.25) is 0 Å². The number of hydrogen-bond acceptors (Lipinski definition) is 6. The van der Waals surface area contributed by atoms with Gasteiger partial charge in [-0.2, -0.15) is 10.1 Å². The van der Waals surface area contributed by atoms with Gasteiger partial charge in [-0.25, -0.2) is 9.89 Å². The van der Waals surface area contributed by atoms with E-state index in [1.54, 1.807) is 19.1 Å². The molecule has 0 radical (unpaired) electrons. The standard InChI is InChI=1S/C12H13ClN4O3/c1-6-11(15-12(18)17-16-6)14-8-5-9(19-2)7(13)4-10(8)20-3/h4-5H,1-3H3,(H2,14,15,17,18). The predicted octanol–water partition coefficient (Wildman–Crippen LogP) is 1.89. The summed E-state index contributed by atoms with van der Waals surface area (Å²) in [6.45, 7) is 1.71. The molecule has 1 aromatic heterocycles. The molecule has 0 aliphatic rings. The van der Waals surface area contributed by atoms with Crippen molar-refractivity contribution in [2.45, 2.75) is 6.92 Å². The van der Waals surface area contributed by atoms with Crippen LogP contribution in [0.1, 0.15) is 5.69 Å². The molecule has 2 N–H and O–H groups in total. The van der Waals surface area contributed by atoms with Crippen LogP contribution in [0, 0.1) is 6.92 Å². The quantitative estimate of drug-likeness (QED) is 0.895. The fourth-order valence-corrected chi connectivity index (χ4v) is 1.83. The number of methoxy groups -OCH3 is 2. The monoisotopic (exact) mass is 296 g/mol. The Morgan fingerprint density at radius 3 is 2.60 bits per heavy atom. The number of ether oxygens (including phenoxy) is 2. The summed E-state index contributed by atoms with van der Waals surface area (Å²) in [5.74, 6) is 1.30. The highest BCUT2D eigenvalue weighted by Crippen LogP contribution is 2.37. The Hall–Kier alpha value is -2.28. The second-order valence-corrected chi connectivity index (χ2v) is 4.29. The van der Waals surface area contributed by atoms with E-state index in [9.17, 15) is 4.79 Å². The number of aryl methyl sites for hydroxylation is 1. The third-order valence-corrected chi connectivity index (χ3v) is 2.90. The van der Waals surface area contributed by atoms with Gasteiger partial charge in [0.1, 0.15) is 17.2 Å². The van der Waals surface area contributed by atoms with E-state index >= 15 is 0 Å². The number of benzene rings is 1. The van der Waals surface area contributed by atoms with Crippen LogP contribution in [0.25, 0.3) is 0 Å². The molecule has 0 amide bonds.